The standard InChI is InChI=1S/C29H26N2O6/c1-2-13-37-29(35)20-6-3-9-22(16-20)31-25(21-7-4-12-30-17-21)24(27(33)28(31)34)26(32)19-10-11-23-18(15-19)8-5-14-36-23/h3-4,6-7,9-12,15-17,25,32H,2,5,8,13-14H2,1H3/b26-24-. The minimum atomic E-state index is -0.942. The molecule has 2 aromatic carbocycles. The predicted octanol–water partition coefficient (Wildman–Crippen LogP) is 4.60. The van der Waals surface area contributed by atoms with E-state index in [-0.39, 0.29) is 23.5 Å². The molecular formula is C29H26N2O6. The number of ketones is 1. The molecule has 8 nitrogen and oxygen atoms in total. The summed E-state index contributed by atoms with van der Waals surface area (Å²) in [5, 5.41) is 11.4. The van der Waals surface area contributed by atoms with Gasteiger partial charge in [0.15, 0.2) is 0 Å². The van der Waals surface area contributed by atoms with Crippen molar-refractivity contribution in [2.24, 2.45) is 0 Å². The number of hydrogen-bond donors (Lipinski definition) is 1. The fourth-order valence-corrected chi connectivity index (χ4v) is 4.68. The highest BCUT2D eigenvalue weighted by atomic mass is 16.5. The Morgan fingerprint density at radius 3 is 2.78 bits per heavy atom. The number of nitrogens with zero attached hydrogens (tertiary/aromatic N) is 2. The summed E-state index contributed by atoms with van der Waals surface area (Å²) in [6.45, 7) is 2.80. The quantitative estimate of drug-likeness (QED) is 0.229. The molecule has 0 saturated carbocycles. The van der Waals surface area contributed by atoms with Crippen LogP contribution < -0.4 is 9.64 Å². The molecule has 8 heteroatoms. The van der Waals surface area contributed by atoms with E-state index >= 15 is 0 Å². The van der Waals surface area contributed by atoms with Crippen molar-refractivity contribution in [2.45, 2.75) is 32.2 Å². The molecule has 0 aliphatic carbocycles. The third kappa shape index (κ3) is 4.58. The Balaban J connectivity index is 1.62. The zero-order valence-electron chi connectivity index (χ0n) is 20.3. The topological polar surface area (TPSA) is 106 Å². The van der Waals surface area contributed by atoms with Crippen molar-refractivity contribution in [1.82, 2.24) is 4.98 Å². The molecule has 1 unspecified atom stereocenters. The van der Waals surface area contributed by atoms with E-state index < -0.39 is 23.7 Å². The van der Waals surface area contributed by atoms with Crippen molar-refractivity contribution in [3.05, 3.63) is 94.8 Å². The summed E-state index contributed by atoms with van der Waals surface area (Å²) in [5.41, 5.74) is 2.44. The molecule has 1 saturated heterocycles. The van der Waals surface area contributed by atoms with Crippen LogP contribution in [0.5, 0.6) is 5.75 Å². The Labute approximate surface area is 214 Å². The number of aryl methyl sites for hydroxylation is 1. The first kappa shape index (κ1) is 24.2. The number of rotatable bonds is 6. The largest absolute Gasteiger partial charge is 0.507 e. The van der Waals surface area contributed by atoms with Gasteiger partial charge in [-0.1, -0.05) is 19.1 Å². The van der Waals surface area contributed by atoms with Gasteiger partial charge < -0.3 is 14.6 Å². The number of pyridine rings is 1. The van der Waals surface area contributed by atoms with Crippen LogP contribution in [0.15, 0.2) is 72.6 Å². The number of benzene rings is 2. The van der Waals surface area contributed by atoms with Crippen LogP contribution in [0.4, 0.5) is 5.69 Å². The van der Waals surface area contributed by atoms with E-state index in [1.54, 1.807) is 60.9 Å². The summed E-state index contributed by atoms with van der Waals surface area (Å²) < 4.78 is 10.9. The summed E-state index contributed by atoms with van der Waals surface area (Å²) in [7, 11) is 0. The van der Waals surface area contributed by atoms with Gasteiger partial charge in [-0.25, -0.2) is 4.79 Å². The number of fused-ring (bicyclic) bond motifs is 1. The van der Waals surface area contributed by atoms with Crippen molar-refractivity contribution < 1.29 is 29.0 Å². The minimum absolute atomic E-state index is 0.0476. The summed E-state index contributed by atoms with van der Waals surface area (Å²) in [6, 6.07) is 14.1. The van der Waals surface area contributed by atoms with E-state index in [0.29, 0.717) is 29.8 Å². The molecule has 2 aliphatic heterocycles. The number of aliphatic hydroxyl groups is 1. The van der Waals surface area contributed by atoms with E-state index in [4.69, 9.17) is 9.47 Å². The van der Waals surface area contributed by atoms with Crippen molar-refractivity contribution in [3.63, 3.8) is 0 Å². The summed E-state index contributed by atoms with van der Waals surface area (Å²) in [5.74, 6) is -1.68. The van der Waals surface area contributed by atoms with Crippen molar-refractivity contribution in [3.8, 4) is 5.75 Å². The molecule has 188 valence electrons. The number of carbonyl (C=O) groups is 3. The van der Waals surface area contributed by atoms with Gasteiger partial charge in [-0.2, -0.15) is 0 Å². The second-order valence-corrected chi connectivity index (χ2v) is 8.92. The highest BCUT2D eigenvalue weighted by molar-refractivity contribution is 6.51. The zero-order chi connectivity index (χ0) is 25.9. The summed E-state index contributed by atoms with van der Waals surface area (Å²) in [4.78, 5) is 44.7. The Kier molecular flexibility index (Phi) is 6.72. The fourth-order valence-electron chi connectivity index (χ4n) is 4.68. The Morgan fingerprint density at radius 2 is 2.00 bits per heavy atom. The molecule has 5 rings (SSSR count). The number of ether oxygens (including phenoxy) is 2. The number of anilines is 1. The van der Waals surface area contributed by atoms with Gasteiger partial charge in [0.05, 0.1) is 30.4 Å². The molecule has 1 fully saturated rings. The lowest BCUT2D eigenvalue weighted by Gasteiger charge is -2.25. The lowest BCUT2D eigenvalue weighted by atomic mass is 9.94. The zero-order valence-corrected chi connectivity index (χ0v) is 20.3. The highest BCUT2D eigenvalue weighted by Gasteiger charge is 2.47. The Morgan fingerprint density at radius 1 is 1.14 bits per heavy atom. The van der Waals surface area contributed by atoms with E-state index in [1.165, 1.54) is 11.0 Å². The van der Waals surface area contributed by atoms with Gasteiger partial charge in [0, 0.05) is 23.6 Å². The van der Waals surface area contributed by atoms with Gasteiger partial charge in [-0.15, -0.1) is 0 Å². The molecule has 37 heavy (non-hydrogen) atoms. The third-order valence-corrected chi connectivity index (χ3v) is 6.42. The van der Waals surface area contributed by atoms with Crippen molar-refractivity contribution in [1.29, 1.82) is 0 Å². The second kappa shape index (κ2) is 10.3. The number of aliphatic hydroxyl groups excluding tert-OH is 1. The van der Waals surface area contributed by atoms with Crippen LogP contribution in [0, 0.1) is 0 Å². The maximum absolute atomic E-state index is 13.4. The third-order valence-electron chi connectivity index (χ3n) is 6.42. The normalized spacial score (nSPS) is 18.3. The van der Waals surface area contributed by atoms with E-state index in [9.17, 15) is 19.5 Å². The van der Waals surface area contributed by atoms with Crippen molar-refractivity contribution in [2.75, 3.05) is 18.1 Å². The molecular weight excluding hydrogens is 472 g/mol. The van der Waals surface area contributed by atoms with Crippen LogP contribution in [0.25, 0.3) is 5.76 Å². The number of aromatic nitrogens is 1. The van der Waals surface area contributed by atoms with Crippen LogP contribution >= 0.6 is 0 Å². The maximum atomic E-state index is 13.4. The SMILES string of the molecule is CCCOC(=O)c1cccc(N2C(=O)C(=O)/C(=C(\O)c3ccc4c(c3)CCCO4)C2c2cccnc2)c1. The first-order chi connectivity index (χ1) is 18.0. The highest BCUT2D eigenvalue weighted by Crippen LogP contribution is 2.42. The minimum Gasteiger partial charge on any atom is -0.507 e. The molecule has 2 aliphatic rings. The summed E-state index contributed by atoms with van der Waals surface area (Å²) >= 11 is 0. The fraction of sp³-hybridized carbons (Fsp3) is 0.241. The molecule has 0 spiro atoms. The number of carbonyl (C=O) groups excluding carboxylic acids is 3. The number of esters is 1. The van der Waals surface area contributed by atoms with Gasteiger partial charge >= 0.3 is 5.97 Å². The molecule has 1 amide bonds. The molecule has 3 heterocycles. The molecule has 0 bridgehead atoms. The van der Waals surface area contributed by atoms with Gasteiger partial charge in [0.2, 0.25) is 0 Å². The number of hydrogen-bond acceptors (Lipinski definition) is 7. The first-order valence-electron chi connectivity index (χ1n) is 12.2. The lowest BCUT2D eigenvalue weighted by Crippen LogP contribution is -2.29. The second-order valence-electron chi connectivity index (χ2n) is 8.92. The van der Waals surface area contributed by atoms with Gasteiger partial charge in [-0.3, -0.25) is 19.5 Å². The van der Waals surface area contributed by atoms with E-state index in [2.05, 4.69) is 4.98 Å². The average molecular weight is 499 g/mol. The molecule has 3 aromatic rings. The van der Waals surface area contributed by atoms with Crippen LogP contribution in [-0.2, 0) is 20.7 Å². The predicted molar refractivity (Wildman–Crippen MR) is 136 cm³/mol. The Hall–Kier alpha value is -4.46. The van der Waals surface area contributed by atoms with E-state index in [1.807, 2.05) is 6.92 Å². The van der Waals surface area contributed by atoms with Gasteiger partial charge in [0.1, 0.15) is 11.5 Å². The molecule has 1 aromatic heterocycles. The van der Waals surface area contributed by atoms with Crippen LogP contribution in [0.1, 0.15) is 52.9 Å². The summed E-state index contributed by atoms with van der Waals surface area (Å²) in [6.07, 6.45) is 5.46. The van der Waals surface area contributed by atoms with Crippen molar-refractivity contribution >= 4 is 29.1 Å². The van der Waals surface area contributed by atoms with E-state index in [0.717, 1.165) is 24.2 Å². The molecule has 0 radical (unpaired) electrons. The Bertz CT molecular complexity index is 1400. The van der Waals surface area contributed by atoms with Crippen LogP contribution in [-0.4, -0.2) is 41.0 Å². The monoisotopic (exact) mass is 498 g/mol. The van der Waals surface area contributed by atoms with Crippen LogP contribution in [0.2, 0.25) is 0 Å². The molecule has 1 atom stereocenters. The van der Waals surface area contributed by atoms with Gasteiger partial charge in [0.25, 0.3) is 11.7 Å². The number of Topliss-reactive ketones (excluding diaryl/α,β-unsaturated/α-hetero) is 1. The maximum Gasteiger partial charge on any atom is 0.338 e. The molecule has 1 N–H and O–H groups in total. The smallest absolute Gasteiger partial charge is 0.338 e. The van der Waals surface area contributed by atoms with Gasteiger partial charge in [-0.05, 0) is 72.9 Å². The first-order valence-corrected chi connectivity index (χ1v) is 12.2. The lowest BCUT2D eigenvalue weighted by molar-refractivity contribution is -0.132. The van der Waals surface area contributed by atoms with Crippen LogP contribution in [0.3, 0.4) is 0 Å². The number of amides is 1. The average Bonchev–Trinajstić information content (AvgIpc) is 3.21.